The number of unbranched alkanes of at least 4 members (excludes halogenated alkanes) is 4. The van der Waals surface area contributed by atoms with Gasteiger partial charge in [-0.1, -0.05) is 31.9 Å². The van der Waals surface area contributed by atoms with Crippen molar-refractivity contribution in [3.8, 4) is 0 Å². The lowest BCUT2D eigenvalue weighted by atomic mass is 10.0. The standard InChI is InChI=1S/C16H30O5/c1-2-3-4-5-6-7-8-9-10-20-16-14(11-17)21-12-13(18)15(16)19/h6-7,13-19H,2-5,8-12H2,1H3/b7-6+/t13-,14+,15+,16+/m0/s1. The fourth-order valence-electron chi connectivity index (χ4n) is 2.39. The van der Waals surface area contributed by atoms with E-state index in [2.05, 4.69) is 19.1 Å². The van der Waals surface area contributed by atoms with E-state index in [0.717, 1.165) is 19.3 Å². The Kier molecular flexibility index (Phi) is 9.87. The zero-order valence-corrected chi connectivity index (χ0v) is 13.0. The van der Waals surface area contributed by atoms with Gasteiger partial charge in [-0.2, -0.15) is 0 Å². The molecule has 5 heteroatoms. The first-order chi connectivity index (χ1) is 10.2. The molecule has 21 heavy (non-hydrogen) atoms. The van der Waals surface area contributed by atoms with Gasteiger partial charge >= 0.3 is 0 Å². The zero-order chi connectivity index (χ0) is 15.5. The van der Waals surface area contributed by atoms with Gasteiger partial charge in [0.05, 0.1) is 13.2 Å². The van der Waals surface area contributed by atoms with Gasteiger partial charge in [0.25, 0.3) is 0 Å². The van der Waals surface area contributed by atoms with E-state index in [4.69, 9.17) is 9.47 Å². The summed E-state index contributed by atoms with van der Waals surface area (Å²) in [6.07, 6.45) is 7.86. The van der Waals surface area contributed by atoms with E-state index >= 15 is 0 Å². The number of hydrogen-bond donors (Lipinski definition) is 3. The van der Waals surface area contributed by atoms with E-state index in [1.807, 2.05) is 0 Å². The molecule has 1 fully saturated rings. The molecule has 0 bridgehead atoms. The molecule has 1 aliphatic rings. The molecule has 5 nitrogen and oxygen atoms in total. The second-order valence-electron chi connectivity index (χ2n) is 5.56. The third-order valence-corrected chi connectivity index (χ3v) is 3.72. The first-order valence-corrected chi connectivity index (χ1v) is 8.05. The Morgan fingerprint density at radius 2 is 1.86 bits per heavy atom. The molecule has 0 spiro atoms. The van der Waals surface area contributed by atoms with Crippen molar-refractivity contribution in [3.63, 3.8) is 0 Å². The molecule has 1 aliphatic heterocycles. The summed E-state index contributed by atoms with van der Waals surface area (Å²) in [5.74, 6) is 0. The smallest absolute Gasteiger partial charge is 0.114 e. The topological polar surface area (TPSA) is 79.2 Å². The maximum atomic E-state index is 9.88. The van der Waals surface area contributed by atoms with Crippen LogP contribution in [0.1, 0.15) is 45.4 Å². The highest BCUT2D eigenvalue weighted by Crippen LogP contribution is 2.19. The van der Waals surface area contributed by atoms with Crippen molar-refractivity contribution >= 4 is 0 Å². The van der Waals surface area contributed by atoms with Gasteiger partial charge in [-0.25, -0.2) is 0 Å². The molecule has 0 amide bonds. The number of hydrogen-bond acceptors (Lipinski definition) is 5. The average molecular weight is 302 g/mol. The van der Waals surface area contributed by atoms with Crippen molar-refractivity contribution in [2.45, 2.75) is 69.9 Å². The van der Waals surface area contributed by atoms with Crippen molar-refractivity contribution in [1.82, 2.24) is 0 Å². The van der Waals surface area contributed by atoms with Crippen molar-refractivity contribution in [2.24, 2.45) is 0 Å². The van der Waals surface area contributed by atoms with Crippen LogP contribution >= 0.6 is 0 Å². The summed E-state index contributed by atoms with van der Waals surface area (Å²) in [4.78, 5) is 0. The van der Waals surface area contributed by atoms with Crippen molar-refractivity contribution in [3.05, 3.63) is 12.2 Å². The Balaban J connectivity index is 2.15. The van der Waals surface area contributed by atoms with E-state index in [0.29, 0.717) is 6.61 Å². The van der Waals surface area contributed by atoms with Crippen LogP contribution in [0, 0.1) is 0 Å². The lowest BCUT2D eigenvalue weighted by Crippen LogP contribution is -2.55. The van der Waals surface area contributed by atoms with Crippen LogP contribution in [0.5, 0.6) is 0 Å². The number of aliphatic hydroxyl groups excluding tert-OH is 3. The molecule has 0 radical (unpaired) electrons. The molecular weight excluding hydrogens is 272 g/mol. The van der Waals surface area contributed by atoms with Gasteiger partial charge in [0.1, 0.15) is 24.4 Å². The molecule has 4 atom stereocenters. The van der Waals surface area contributed by atoms with Crippen LogP contribution in [0.2, 0.25) is 0 Å². The van der Waals surface area contributed by atoms with Gasteiger partial charge in [0, 0.05) is 6.61 Å². The lowest BCUT2D eigenvalue weighted by molar-refractivity contribution is -0.211. The third-order valence-electron chi connectivity index (χ3n) is 3.72. The van der Waals surface area contributed by atoms with Crippen molar-refractivity contribution < 1.29 is 24.8 Å². The summed E-state index contributed by atoms with van der Waals surface area (Å²) in [6, 6.07) is 0. The molecule has 0 aromatic rings. The predicted octanol–water partition coefficient (Wildman–Crippen LogP) is 1.40. The highest BCUT2D eigenvalue weighted by atomic mass is 16.6. The molecule has 1 rings (SSSR count). The highest BCUT2D eigenvalue weighted by molar-refractivity contribution is 4.88. The highest BCUT2D eigenvalue weighted by Gasteiger charge is 2.39. The summed E-state index contributed by atoms with van der Waals surface area (Å²) in [5.41, 5.74) is 0. The van der Waals surface area contributed by atoms with E-state index in [9.17, 15) is 15.3 Å². The molecule has 0 unspecified atom stereocenters. The van der Waals surface area contributed by atoms with Crippen LogP contribution < -0.4 is 0 Å². The van der Waals surface area contributed by atoms with E-state index in [-0.39, 0.29) is 13.2 Å². The first-order valence-electron chi connectivity index (χ1n) is 8.05. The van der Waals surface area contributed by atoms with E-state index in [1.165, 1.54) is 19.3 Å². The van der Waals surface area contributed by atoms with Gasteiger partial charge in [-0.05, 0) is 25.7 Å². The SMILES string of the molecule is CCCCC/C=C/CCCO[C@H]1[C@H](O)[C@@H](O)CO[C@@H]1CO. The summed E-state index contributed by atoms with van der Waals surface area (Å²) in [5, 5.41) is 28.6. The normalized spacial score (nSPS) is 30.1. The summed E-state index contributed by atoms with van der Waals surface area (Å²) < 4.78 is 10.8. The zero-order valence-electron chi connectivity index (χ0n) is 13.0. The van der Waals surface area contributed by atoms with Gasteiger partial charge < -0.3 is 24.8 Å². The maximum absolute atomic E-state index is 9.88. The number of rotatable bonds is 10. The predicted molar refractivity (Wildman–Crippen MR) is 81.1 cm³/mol. The molecule has 1 saturated heterocycles. The molecule has 0 aromatic carbocycles. The first kappa shape index (κ1) is 18.6. The number of allylic oxidation sites excluding steroid dienone is 2. The fraction of sp³-hybridized carbons (Fsp3) is 0.875. The van der Waals surface area contributed by atoms with Crippen LogP contribution in [-0.2, 0) is 9.47 Å². The molecule has 0 aliphatic carbocycles. The quantitative estimate of drug-likeness (QED) is 0.420. The largest absolute Gasteiger partial charge is 0.394 e. The minimum absolute atomic E-state index is 0.0345. The average Bonchev–Trinajstić information content (AvgIpc) is 2.49. The van der Waals surface area contributed by atoms with E-state index < -0.39 is 24.4 Å². The van der Waals surface area contributed by atoms with Crippen LogP contribution in [0.4, 0.5) is 0 Å². The Hall–Kier alpha value is -0.460. The number of ether oxygens (including phenoxy) is 2. The number of aliphatic hydroxyl groups is 3. The van der Waals surface area contributed by atoms with Crippen molar-refractivity contribution in [2.75, 3.05) is 19.8 Å². The van der Waals surface area contributed by atoms with E-state index in [1.54, 1.807) is 0 Å². The van der Waals surface area contributed by atoms with Gasteiger partial charge in [-0.15, -0.1) is 0 Å². The van der Waals surface area contributed by atoms with Gasteiger partial charge in [0.2, 0.25) is 0 Å². The molecular formula is C16H30O5. The summed E-state index contributed by atoms with van der Waals surface area (Å²) in [7, 11) is 0. The third kappa shape index (κ3) is 6.89. The minimum atomic E-state index is -1.000. The molecule has 124 valence electrons. The fourth-order valence-corrected chi connectivity index (χ4v) is 2.39. The van der Waals surface area contributed by atoms with Crippen LogP contribution in [-0.4, -0.2) is 59.6 Å². The van der Waals surface area contributed by atoms with Crippen LogP contribution in [0.15, 0.2) is 12.2 Å². The lowest BCUT2D eigenvalue weighted by Gasteiger charge is -2.37. The Bertz CT molecular complexity index is 280. The Morgan fingerprint density at radius 1 is 1.14 bits per heavy atom. The summed E-state index contributed by atoms with van der Waals surface area (Å²) >= 11 is 0. The van der Waals surface area contributed by atoms with Gasteiger partial charge in [-0.3, -0.25) is 0 Å². The molecule has 1 heterocycles. The Morgan fingerprint density at radius 3 is 2.52 bits per heavy atom. The minimum Gasteiger partial charge on any atom is -0.394 e. The van der Waals surface area contributed by atoms with Crippen LogP contribution in [0.25, 0.3) is 0 Å². The molecule has 0 saturated carbocycles. The maximum Gasteiger partial charge on any atom is 0.114 e. The second-order valence-corrected chi connectivity index (χ2v) is 5.56. The monoisotopic (exact) mass is 302 g/mol. The van der Waals surface area contributed by atoms with Gasteiger partial charge in [0.15, 0.2) is 0 Å². The molecule has 0 aromatic heterocycles. The summed E-state index contributed by atoms with van der Waals surface area (Å²) in [6.45, 7) is 2.49. The Labute approximate surface area is 127 Å². The van der Waals surface area contributed by atoms with Crippen molar-refractivity contribution in [1.29, 1.82) is 0 Å². The second kappa shape index (κ2) is 11.2. The van der Waals surface area contributed by atoms with Crippen LogP contribution in [0.3, 0.4) is 0 Å². The molecule has 3 N–H and O–H groups in total.